The number of hydrogen-bond donors (Lipinski definition) is 0. The molecule has 1 aromatic heterocycles. The quantitative estimate of drug-likeness (QED) is 0.194. The van der Waals surface area contributed by atoms with E-state index in [1.807, 2.05) is 30.3 Å². The summed E-state index contributed by atoms with van der Waals surface area (Å²) in [6.07, 6.45) is 0. The molecule has 0 unspecified atom stereocenters. The second-order valence-electron chi connectivity index (χ2n) is 12.1. The van der Waals surface area contributed by atoms with E-state index in [1.54, 1.807) is 0 Å². The van der Waals surface area contributed by atoms with E-state index >= 15 is 0 Å². The van der Waals surface area contributed by atoms with Crippen LogP contribution in [0.5, 0.6) is 0 Å². The van der Waals surface area contributed by atoms with Crippen molar-refractivity contribution in [2.75, 3.05) is 0 Å². The number of aromatic nitrogens is 3. The number of benzene rings is 8. The first-order valence-corrected chi connectivity index (χ1v) is 16.2. The van der Waals surface area contributed by atoms with Crippen LogP contribution < -0.4 is 0 Å². The molecule has 0 aliphatic heterocycles. The number of fused-ring (bicyclic) bond motifs is 3. The van der Waals surface area contributed by atoms with Crippen molar-refractivity contribution >= 4 is 32.3 Å². The van der Waals surface area contributed by atoms with Crippen LogP contribution in [0.4, 0.5) is 0 Å². The molecule has 0 amide bonds. The molecule has 9 rings (SSSR count). The van der Waals surface area contributed by atoms with Gasteiger partial charge in [0.2, 0.25) is 0 Å². The van der Waals surface area contributed by atoms with Crippen LogP contribution in [0.25, 0.3) is 88.7 Å². The third kappa shape index (κ3) is 5.18. The number of rotatable bonds is 5. The minimum Gasteiger partial charge on any atom is -0.208 e. The average Bonchev–Trinajstić information content (AvgIpc) is 3.17. The molecule has 0 spiro atoms. The van der Waals surface area contributed by atoms with Gasteiger partial charge in [-0.1, -0.05) is 152 Å². The van der Waals surface area contributed by atoms with E-state index in [0.29, 0.717) is 17.5 Å². The highest BCUT2D eigenvalue weighted by Gasteiger charge is 2.14. The van der Waals surface area contributed by atoms with Crippen LogP contribution in [0.2, 0.25) is 0 Å². The first-order valence-electron chi connectivity index (χ1n) is 16.2. The summed E-state index contributed by atoms with van der Waals surface area (Å²) >= 11 is 0. The summed E-state index contributed by atoms with van der Waals surface area (Å²) in [5.74, 6) is 1.96. The molecule has 9 aromatic rings. The molecule has 224 valence electrons. The lowest BCUT2D eigenvalue weighted by atomic mass is 9.94. The van der Waals surface area contributed by atoms with Crippen LogP contribution in [-0.4, -0.2) is 15.0 Å². The van der Waals surface area contributed by atoms with E-state index < -0.39 is 0 Å². The first-order chi connectivity index (χ1) is 23.7. The van der Waals surface area contributed by atoms with Crippen LogP contribution in [0.1, 0.15) is 0 Å². The van der Waals surface area contributed by atoms with Crippen LogP contribution in [0, 0.1) is 0 Å². The molecule has 3 nitrogen and oxygen atoms in total. The fourth-order valence-corrected chi connectivity index (χ4v) is 6.59. The Hall–Kier alpha value is -6.45. The molecule has 1 heterocycles. The van der Waals surface area contributed by atoms with Gasteiger partial charge in [0.1, 0.15) is 0 Å². The topological polar surface area (TPSA) is 38.7 Å². The predicted octanol–water partition coefficient (Wildman–Crippen LogP) is 11.7. The van der Waals surface area contributed by atoms with Gasteiger partial charge in [-0.2, -0.15) is 0 Å². The molecule has 3 heteroatoms. The predicted molar refractivity (Wildman–Crippen MR) is 200 cm³/mol. The maximum absolute atomic E-state index is 5.03. The van der Waals surface area contributed by atoms with Gasteiger partial charge in [-0.15, -0.1) is 0 Å². The van der Waals surface area contributed by atoms with Crippen molar-refractivity contribution in [3.8, 4) is 56.4 Å². The van der Waals surface area contributed by atoms with Gasteiger partial charge in [-0.05, 0) is 78.8 Å². The smallest absolute Gasteiger partial charge is 0.164 e. The number of hydrogen-bond acceptors (Lipinski definition) is 3. The molecule has 48 heavy (non-hydrogen) atoms. The molecule has 0 fully saturated rings. The van der Waals surface area contributed by atoms with Crippen LogP contribution in [-0.2, 0) is 0 Å². The Morgan fingerprint density at radius 1 is 0.250 bits per heavy atom. The van der Waals surface area contributed by atoms with E-state index in [2.05, 4.69) is 146 Å². The molecular weight excluding hydrogens is 583 g/mol. The minimum atomic E-state index is 0.648. The molecular formula is C45H29N3. The van der Waals surface area contributed by atoms with Crippen molar-refractivity contribution in [3.63, 3.8) is 0 Å². The van der Waals surface area contributed by atoms with Crippen LogP contribution >= 0.6 is 0 Å². The summed E-state index contributed by atoms with van der Waals surface area (Å²) in [6.45, 7) is 0. The molecule has 0 aliphatic carbocycles. The zero-order valence-electron chi connectivity index (χ0n) is 26.1. The highest BCUT2D eigenvalue weighted by atomic mass is 15.0. The lowest BCUT2D eigenvalue weighted by molar-refractivity contribution is 1.07. The Balaban J connectivity index is 1.11. The van der Waals surface area contributed by atoms with Crippen molar-refractivity contribution in [1.82, 2.24) is 15.0 Å². The Morgan fingerprint density at radius 2 is 0.708 bits per heavy atom. The lowest BCUT2D eigenvalue weighted by Gasteiger charge is -2.11. The van der Waals surface area contributed by atoms with Gasteiger partial charge < -0.3 is 0 Å². The van der Waals surface area contributed by atoms with E-state index in [4.69, 9.17) is 15.0 Å². The second-order valence-corrected chi connectivity index (χ2v) is 12.1. The highest BCUT2D eigenvalue weighted by molar-refractivity contribution is 5.99. The molecule has 0 saturated carbocycles. The summed E-state index contributed by atoms with van der Waals surface area (Å²) in [7, 11) is 0. The number of nitrogens with zero attached hydrogens (tertiary/aromatic N) is 3. The van der Waals surface area contributed by atoms with Gasteiger partial charge in [0, 0.05) is 16.7 Å². The zero-order valence-corrected chi connectivity index (χ0v) is 26.1. The maximum Gasteiger partial charge on any atom is 0.164 e. The maximum atomic E-state index is 5.03. The van der Waals surface area contributed by atoms with Crippen molar-refractivity contribution in [2.24, 2.45) is 0 Å². The van der Waals surface area contributed by atoms with E-state index in [-0.39, 0.29) is 0 Å². The Kier molecular flexibility index (Phi) is 6.80. The fraction of sp³-hybridized carbons (Fsp3) is 0. The standard InChI is InChI=1S/C45H29N3/c1-2-12-32(13-3-1)43-46-44(48-45(47-43)40-25-20-30-10-4-5-14-33(30)28-40)39-17-8-16-34(29-39)35-21-22-37-27-38(24-23-36(37)26-35)42-19-9-15-31-11-6-7-18-41(31)42/h1-29H. The van der Waals surface area contributed by atoms with E-state index in [9.17, 15) is 0 Å². The van der Waals surface area contributed by atoms with E-state index in [0.717, 1.165) is 33.2 Å². The molecule has 0 aliphatic rings. The van der Waals surface area contributed by atoms with Gasteiger partial charge in [0.15, 0.2) is 17.5 Å². The summed E-state index contributed by atoms with van der Waals surface area (Å²) in [6, 6.07) is 61.9. The van der Waals surface area contributed by atoms with Gasteiger partial charge >= 0.3 is 0 Å². The van der Waals surface area contributed by atoms with Gasteiger partial charge in [0.05, 0.1) is 0 Å². The molecule has 0 saturated heterocycles. The summed E-state index contributed by atoms with van der Waals surface area (Å²) in [4.78, 5) is 15.0. The molecule has 0 bridgehead atoms. The molecule has 0 atom stereocenters. The Bertz CT molecular complexity index is 2620. The van der Waals surface area contributed by atoms with Crippen molar-refractivity contribution in [1.29, 1.82) is 0 Å². The third-order valence-corrected chi connectivity index (χ3v) is 9.07. The van der Waals surface area contributed by atoms with Crippen LogP contribution in [0.15, 0.2) is 176 Å². The van der Waals surface area contributed by atoms with Gasteiger partial charge in [-0.25, -0.2) is 15.0 Å². The normalized spacial score (nSPS) is 11.3. The highest BCUT2D eigenvalue weighted by Crippen LogP contribution is 2.34. The molecule has 8 aromatic carbocycles. The fourth-order valence-electron chi connectivity index (χ4n) is 6.59. The summed E-state index contributed by atoms with van der Waals surface area (Å²) < 4.78 is 0. The van der Waals surface area contributed by atoms with Gasteiger partial charge in [-0.3, -0.25) is 0 Å². The average molecular weight is 612 g/mol. The third-order valence-electron chi connectivity index (χ3n) is 9.07. The zero-order chi connectivity index (χ0) is 31.9. The monoisotopic (exact) mass is 611 g/mol. The summed E-state index contributed by atoms with van der Waals surface area (Å²) in [5.41, 5.74) is 7.60. The van der Waals surface area contributed by atoms with Crippen LogP contribution in [0.3, 0.4) is 0 Å². The molecule has 0 radical (unpaired) electrons. The van der Waals surface area contributed by atoms with Gasteiger partial charge in [0.25, 0.3) is 0 Å². The Morgan fingerprint density at radius 3 is 1.52 bits per heavy atom. The van der Waals surface area contributed by atoms with Crippen molar-refractivity contribution in [3.05, 3.63) is 176 Å². The van der Waals surface area contributed by atoms with E-state index in [1.165, 1.54) is 38.1 Å². The molecule has 0 N–H and O–H groups in total. The summed E-state index contributed by atoms with van der Waals surface area (Å²) in [5, 5.41) is 7.28. The van der Waals surface area contributed by atoms with Crippen molar-refractivity contribution in [2.45, 2.75) is 0 Å². The van der Waals surface area contributed by atoms with Crippen molar-refractivity contribution < 1.29 is 0 Å². The first kappa shape index (κ1) is 27.8. The Labute approximate surface area is 278 Å². The SMILES string of the molecule is c1ccc(-c2nc(-c3cccc(-c4ccc5cc(-c6cccc7ccccc67)ccc5c4)c3)nc(-c3ccc4ccccc4c3)n2)cc1. The second kappa shape index (κ2) is 11.7. The lowest BCUT2D eigenvalue weighted by Crippen LogP contribution is -2.00. The largest absolute Gasteiger partial charge is 0.208 e. The minimum absolute atomic E-state index is 0.648.